The highest BCUT2D eigenvalue weighted by Gasteiger charge is 1.97. The zero-order chi connectivity index (χ0) is 17.6. The molecule has 1 aromatic heterocycles. The van der Waals surface area contributed by atoms with Gasteiger partial charge in [-0.3, -0.25) is 0 Å². The van der Waals surface area contributed by atoms with Crippen LogP contribution in [0.3, 0.4) is 0 Å². The van der Waals surface area contributed by atoms with E-state index in [0.717, 1.165) is 20.1 Å². The van der Waals surface area contributed by atoms with Gasteiger partial charge in [-0.15, -0.1) is 0 Å². The largest absolute Gasteiger partial charge is 0.345 e. The van der Waals surface area contributed by atoms with Crippen LogP contribution in [0.15, 0.2) is 68.3 Å². The number of H-pyrrole nitrogens is 1. The van der Waals surface area contributed by atoms with E-state index in [4.69, 9.17) is 0 Å². The molecule has 0 aliphatic carbocycles. The van der Waals surface area contributed by atoms with E-state index >= 15 is 0 Å². The molecular weight excluding hydrogens is 444 g/mol. The summed E-state index contributed by atoms with van der Waals surface area (Å²) in [4.78, 5) is 18.5. The van der Waals surface area contributed by atoms with Crippen molar-refractivity contribution in [2.24, 2.45) is 0 Å². The predicted octanol–water partition coefficient (Wildman–Crippen LogP) is 5.64. The van der Waals surface area contributed by atoms with E-state index in [1.807, 2.05) is 78.9 Å². The zero-order valence-corrected chi connectivity index (χ0v) is 16.3. The minimum absolute atomic E-state index is 0.367. The maximum Gasteiger partial charge on any atom is 0.345 e. The van der Waals surface area contributed by atoms with Crippen LogP contribution in [0.4, 0.5) is 0 Å². The van der Waals surface area contributed by atoms with Gasteiger partial charge in [0.25, 0.3) is 0 Å². The fraction of sp³-hybridized carbons (Fsp3) is 0. The molecule has 0 aliphatic rings. The molecular formula is C20H14Br2N2O. The Morgan fingerprint density at radius 1 is 0.760 bits per heavy atom. The molecule has 1 N–H and O–H groups in total. The molecule has 0 saturated carbocycles. The van der Waals surface area contributed by atoms with Gasteiger partial charge in [-0.05, 0) is 53.6 Å². The van der Waals surface area contributed by atoms with Crippen molar-refractivity contribution in [1.82, 2.24) is 9.97 Å². The van der Waals surface area contributed by atoms with Crippen LogP contribution >= 0.6 is 31.9 Å². The SMILES string of the molecule is O=c1nc(/C=C/c2ccc(Br)cc2)cc(/C=C/c2ccc(Br)cc2)[nH]1. The topological polar surface area (TPSA) is 45.8 Å². The van der Waals surface area contributed by atoms with E-state index in [1.165, 1.54) is 0 Å². The fourth-order valence-corrected chi connectivity index (χ4v) is 2.72. The minimum Gasteiger partial charge on any atom is -0.306 e. The van der Waals surface area contributed by atoms with Gasteiger partial charge in [-0.25, -0.2) is 4.79 Å². The lowest BCUT2D eigenvalue weighted by Crippen LogP contribution is -2.12. The Morgan fingerprint density at radius 3 is 1.84 bits per heavy atom. The van der Waals surface area contributed by atoms with Crippen molar-refractivity contribution in [3.63, 3.8) is 0 Å². The summed E-state index contributed by atoms with van der Waals surface area (Å²) in [5.41, 5.74) is 3.04. The lowest BCUT2D eigenvalue weighted by molar-refractivity contribution is 1.05. The molecule has 0 aliphatic heterocycles. The van der Waals surface area contributed by atoms with E-state index in [0.29, 0.717) is 11.4 Å². The van der Waals surface area contributed by atoms with Gasteiger partial charge in [0.15, 0.2) is 0 Å². The lowest BCUT2D eigenvalue weighted by atomic mass is 10.2. The van der Waals surface area contributed by atoms with Crippen LogP contribution in [0.5, 0.6) is 0 Å². The Bertz CT molecular complexity index is 895. The summed E-state index contributed by atoms with van der Waals surface area (Å²) in [7, 11) is 0. The standard InChI is InChI=1S/C20H14Br2N2O/c21-16-7-1-14(2-8-16)5-11-18-13-19(24-20(25)23-18)12-6-15-3-9-17(22)10-4-15/h1-13H,(H,23,24,25)/b11-5+,12-6+. The summed E-state index contributed by atoms with van der Waals surface area (Å²) < 4.78 is 2.06. The predicted molar refractivity (Wildman–Crippen MR) is 111 cm³/mol. The van der Waals surface area contributed by atoms with E-state index < -0.39 is 0 Å². The molecule has 0 radical (unpaired) electrons. The Morgan fingerprint density at radius 2 is 1.28 bits per heavy atom. The van der Waals surface area contributed by atoms with Crippen LogP contribution in [0.1, 0.15) is 22.5 Å². The smallest absolute Gasteiger partial charge is 0.306 e. The molecule has 3 rings (SSSR count). The molecule has 5 heteroatoms. The van der Waals surface area contributed by atoms with Crippen LogP contribution in [-0.4, -0.2) is 9.97 Å². The van der Waals surface area contributed by atoms with E-state index in [9.17, 15) is 4.79 Å². The summed E-state index contributed by atoms with van der Waals surface area (Å²) in [6.07, 6.45) is 7.56. The van der Waals surface area contributed by atoms with Crippen molar-refractivity contribution in [3.05, 3.63) is 96.5 Å². The number of halogens is 2. The number of aromatic nitrogens is 2. The first-order chi connectivity index (χ1) is 12.1. The summed E-state index contributed by atoms with van der Waals surface area (Å²) in [6.45, 7) is 0. The average Bonchev–Trinajstić information content (AvgIpc) is 2.60. The van der Waals surface area contributed by atoms with Gasteiger partial charge in [0.1, 0.15) is 0 Å². The number of aromatic amines is 1. The lowest BCUT2D eigenvalue weighted by Gasteiger charge is -1.98. The van der Waals surface area contributed by atoms with Gasteiger partial charge in [-0.1, -0.05) is 68.3 Å². The van der Waals surface area contributed by atoms with Crippen molar-refractivity contribution in [2.45, 2.75) is 0 Å². The number of hydrogen-bond acceptors (Lipinski definition) is 2. The summed E-state index contributed by atoms with van der Waals surface area (Å²) in [5, 5.41) is 0. The number of rotatable bonds is 4. The third-order valence-corrected chi connectivity index (χ3v) is 4.48. The molecule has 0 spiro atoms. The summed E-state index contributed by atoms with van der Waals surface area (Å²) >= 11 is 6.82. The number of nitrogens with zero attached hydrogens (tertiary/aromatic N) is 1. The Labute approximate surface area is 162 Å². The van der Waals surface area contributed by atoms with E-state index in [2.05, 4.69) is 41.8 Å². The molecule has 0 atom stereocenters. The number of nitrogens with one attached hydrogen (secondary N) is 1. The molecule has 124 valence electrons. The summed E-state index contributed by atoms with van der Waals surface area (Å²) in [6, 6.07) is 17.7. The second kappa shape index (κ2) is 8.23. The van der Waals surface area contributed by atoms with Crippen molar-refractivity contribution >= 4 is 56.2 Å². The Balaban J connectivity index is 1.81. The quantitative estimate of drug-likeness (QED) is 0.551. The van der Waals surface area contributed by atoms with Gasteiger partial charge in [-0.2, -0.15) is 4.98 Å². The molecule has 1 heterocycles. The first-order valence-electron chi connectivity index (χ1n) is 7.57. The first-order valence-corrected chi connectivity index (χ1v) is 9.16. The highest BCUT2D eigenvalue weighted by atomic mass is 79.9. The highest BCUT2D eigenvalue weighted by Crippen LogP contribution is 2.14. The van der Waals surface area contributed by atoms with Crippen LogP contribution in [0.25, 0.3) is 24.3 Å². The van der Waals surface area contributed by atoms with Crippen LogP contribution in [-0.2, 0) is 0 Å². The van der Waals surface area contributed by atoms with Crippen LogP contribution < -0.4 is 5.69 Å². The normalized spacial score (nSPS) is 11.4. The molecule has 25 heavy (non-hydrogen) atoms. The Hall–Kier alpha value is -2.24. The minimum atomic E-state index is -0.367. The van der Waals surface area contributed by atoms with Crippen molar-refractivity contribution in [2.75, 3.05) is 0 Å². The maximum absolute atomic E-state index is 11.8. The average molecular weight is 458 g/mol. The van der Waals surface area contributed by atoms with Gasteiger partial charge < -0.3 is 4.98 Å². The molecule has 0 fully saturated rings. The summed E-state index contributed by atoms with van der Waals surface area (Å²) in [5.74, 6) is 0. The van der Waals surface area contributed by atoms with Gasteiger partial charge in [0, 0.05) is 14.6 Å². The van der Waals surface area contributed by atoms with Gasteiger partial charge >= 0.3 is 5.69 Å². The van der Waals surface area contributed by atoms with Gasteiger partial charge in [0.2, 0.25) is 0 Å². The monoisotopic (exact) mass is 456 g/mol. The highest BCUT2D eigenvalue weighted by molar-refractivity contribution is 9.10. The number of hydrogen-bond donors (Lipinski definition) is 1. The zero-order valence-electron chi connectivity index (χ0n) is 13.1. The van der Waals surface area contributed by atoms with E-state index in [-0.39, 0.29) is 5.69 Å². The van der Waals surface area contributed by atoms with Gasteiger partial charge in [0.05, 0.1) is 5.69 Å². The molecule has 2 aromatic carbocycles. The third-order valence-electron chi connectivity index (χ3n) is 3.43. The van der Waals surface area contributed by atoms with Crippen molar-refractivity contribution in [1.29, 1.82) is 0 Å². The molecule has 0 amide bonds. The number of benzene rings is 2. The maximum atomic E-state index is 11.8. The van der Waals surface area contributed by atoms with Crippen LogP contribution in [0, 0.1) is 0 Å². The van der Waals surface area contributed by atoms with Crippen LogP contribution in [0.2, 0.25) is 0 Å². The molecule has 0 saturated heterocycles. The third kappa shape index (κ3) is 5.37. The van der Waals surface area contributed by atoms with Crippen molar-refractivity contribution in [3.8, 4) is 0 Å². The van der Waals surface area contributed by atoms with Crippen molar-refractivity contribution < 1.29 is 0 Å². The molecule has 0 unspecified atom stereocenters. The molecule has 0 bridgehead atoms. The second-order valence-corrected chi connectivity index (χ2v) is 7.17. The Kier molecular flexibility index (Phi) is 5.79. The second-order valence-electron chi connectivity index (χ2n) is 5.34. The molecule has 3 aromatic rings. The fourth-order valence-electron chi connectivity index (χ4n) is 2.19. The first kappa shape index (κ1) is 17.6. The molecule has 3 nitrogen and oxygen atoms in total. The van der Waals surface area contributed by atoms with E-state index in [1.54, 1.807) is 0 Å².